The Labute approximate surface area is 454 Å². The van der Waals surface area contributed by atoms with Gasteiger partial charge in [0.1, 0.15) is 19.8 Å². The summed E-state index contributed by atoms with van der Waals surface area (Å²) in [7, 11) is 1.45. The van der Waals surface area contributed by atoms with E-state index in [9.17, 15) is 19.0 Å². The Bertz CT molecular complexity index is 1660. The molecular weight excluding hydrogens is 942 g/mol. The predicted octanol–water partition coefficient (Wildman–Crippen LogP) is 18.4. The standard InChI is InChI=1S/C64H108NO8P/c1-6-8-10-12-14-16-18-20-22-24-26-27-28-29-30-31-32-33-34-35-36-37-39-41-43-45-47-49-51-53-55-57-64(67)73-62(61-72-74(68,69)71-59-58-65(3,4)5)60-70-63(66)56-54-52-50-48-46-44-42-40-38-25-23-21-19-17-15-13-11-9-7-2/h8-11,14-17,20-23,26-27,29-30,32-33,38,40,62H,6-7,12-13,18-19,24-25,28,31,34-37,39,41-61H2,1-5H3/p+1/b10-8-,11-9-,16-14-,17-15-,22-20-,23-21-,27-26-,30-29-,33-32-,40-38-. The second kappa shape index (κ2) is 54.2. The van der Waals surface area contributed by atoms with Crippen LogP contribution in [-0.2, 0) is 32.7 Å². The molecule has 2 atom stereocenters. The van der Waals surface area contributed by atoms with Gasteiger partial charge in [-0.3, -0.25) is 18.6 Å². The van der Waals surface area contributed by atoms with Crippen LogP contribution < -0.4 is 0 Å². The minimum atomic E-state index is -4.40. The van der Waals surface area contributed by atoms with E-state index in [-0.39, 0.29) is 32.0 Å². The molecule has 422 valence electrons. The molecule has 0 aliphatic carbocycles. The molecule has 10 heteroatoms. The molecule has 9 nitrogen and oxygen atoms in total. The number of carbonyl (C=O) groups excluding carboxylic acids is 2. The molecule has 1 N–H and O–H groups in total. The number of likely N-dealkylation sites (N-methyl/N-ethyl adjacent to an activating group) is 1. The van der Waals surface area contributed by atoms with Crippen LogP contribution in [0.5, 0.6) is 0 Å². The topological polar surface area (TPSA) is 108 Å². The molecule has 0 saturated heterocycles. The van der Waals surface area contributed by atoms with Crippen molar-refractivity contribution in [2.75, 3.05) is 47.5 Å². The van der Waals surface area contributed by atoms with Crippen LogP contribution in [0.1, 0.15) is 219 Å². The third-order valence-electron chi connectivity index (χ3n) is 12.0. The maximum atomic E-state index is 12.8. The summed E-state index contributed by atoms with van der Waals surface area (Å²) >= 11 is 0. The summed E-state index contributed by atoms with van der Waals surface area (Å²) in [4.78, 5) is 35.7. The SMILES string of the molecule is CC/C=C\C/C=C\C/C=C\C/C=C\C/C=C\C/C=C\CCCCCCCCCCCCCCC(=O)OC(COC(=O)CCCCCCCC/C=C\C/C=C\C/C=C\C/C=C\CC)COP(=O)(O)OCC[N+](C)(C)C. The van der Waals surface area contributed by atoms with E-state index in [2.05, 4.69) is 135 Å². The maximum absolute atomic E-state index is 12.8. The van der Waals surface area contributed by atoms with Crippen LogP contribution in [0, 0.1) is 0 Å². The number of phosphoric ester groups is 1. The second-order valence-corrected chi connectivity index (χ2v) is 21.7. The Kier molecular flexibility index (Phi) is 51.6. The zero-order chi connectivity index (χ0) is 54.2. The molecule has 0 heterocycles. The van der Waals surface area contributed by atoms with E-state index in [0.29, 0.717) is 17.4 Å². The van der Waals surface area contributed by atoms with Crippen LogP contribution >= 0.6 is 7.82 Å². The van der Waals surface area contributed by atoms with Crippen molar-refractivity contribution in [1.82, 2.24) is 0 Å². The summed E-state index contributed by atoms with van der Waals surface area (Å²) in [5, 5.41) is 0. The van der Waals surface area contributed by atoms with Crippen molar-refractivity contribution in [3.63, 3.8) is 0 Å². The molecule has 2 unspecified atom stereocenters. The zero-order valence-electron chi connectivity index (χ0n) is 47.8. The number of hydrogen-bond acceptors (Lipinski definition) is 7. The minimum Gasteiger partial charge on any atom is -0.462 e. The van der Waals surface area contributed by atoms with Crippen molar-refractivity contribution >= 4 is 19.8 Å². The van der Waals surface area contributed by atoms with E-state index in [4.69, 9.17) is 18.5 Å². The van der Waals surface area contributed by atoms with Gasteiger partial charge in [0.2, 0.25) is 0 Å². The lowest BCUT2D eigenvalue weighted by atomic mass is 10.0. The highest BCUT2D eigenvalue weighted by atomic mass is 31.2. The lowest BCUT2D eigenvalue weighted by molar-refractivity contribution is -0.870. The molecule has 0 saturated carbocycles. The first-order valence-electron chi connectivity index (χ1n) is 29.3. The van der Waals surface area contributed by atoms with Gasteiger partial charge in [-0.2, -0.15) is 0 Å². The number of nitrogens with zero attached hydrogens (tertiary/aromatic N) is 1. The summed E-state index contributed by atoms with van der Waals surface area (Å²) in [6.45, 7) is 4.18. The smallest absolute Gasteiger partial charge is 0.462 e. The quantitative estimate of drug-likeness (QED) is 0.0211. The van der Waals surface area contributed by atoms with E-state index in [1.165, 1.54) is 57.8 Å². The zero-order valence-corrected chi connectivity index (χ0v) is 48.7. The molecule has 0 aromatic rings. The fraction of sp³-hybridized carbons (Fsp3) is 0.656. The first kappa shape index (κ1) is 70.4. The van der Waals surface area contributed by atoms with Crippen LogP contribution in [0.4, 0.5) is 0 Å². The summed E-state index contributed by atoms with van der Waals surface area (Å²) in [5.74, 6) is -0.822. The first-order valence-corrected chi connectivity index (χ1v) is 30.8. The van der Waals surface area contributed by atoms with Gasteiger partial charge in [0.25, 0.3) is 0 Å². The molecule has 0 aliphatic rings. The highest BCUT2D eigenvalue weighted by molar-refractivity contribution is 7.47. The number of ether oxygens (including phenoxy) is 2. The van der Waals surface area contributed by atoms with E-state index in [0.717, 1.165) is 128 Å². The molecule has 0 rings (SSSR count). The second-order valence-electron chi connectivity index (χ2n) is 20.3. The van der Waals surface area contributed by atoms with Gasteiger partial charge in [0, 0.05) is 12.8 Å². The van der Waals surface area contributed by atoms with Crippen LogP contribution in [0.15, 0.2) is 122 Å². The van der Waals surface area contributed by atoms with E-state index in [1.54, 1.807) is 0 Å². The first-order chi connectivity index (χ1) is 36.0. The van der Waals surface area contributed by atoms with Gasteiger partial charge in [0.05, 0.1) is 27.7 Å². The van der Waals surface area contributed by atoms with Gasteiger partial charge >= 0.3 is 19.8 Å². The summed E-state index contributed by atoms with van der Waals surface area (Å²) in [6.07, 6.45) is 76.9. The van der Waals surface area contributed by atoms with Crippen molar-refractivity contribution in [2.24, 2.45) is 0 Å². The molecule has 0 fully saturated rings. The van der Waals surface area contributed by atoms with Gasteiger partial charge in [0.15, 0.2) is 6.10 Å². The number of hydrogen-bond donors (Lipinski definition) is 1. The normalized spacial score (nSPS) is 14.2. The average molecular weight is 1050 g/mol. The van der Waals surface area contributed by atoms with Crippen molar-refractivity contribution in [1.29, 1.82) is 0 Å². The Hall–Kier alpha value is -3.59. The third kappa shape index (κ3) is 57.7. The van der Waals surface area contributed by atoms with Crippen LogP contribution in [0.2, 0.25) is 0 Å². The van der Waals surface area contributed by atoms with Crippen LogP contribution in [0.25, 0.3) is 0 Å². The summed E-state index contributed by atoms with van der Waals surface area (Å²) in [5.41, 5.74) is 0. The molecular formula is C64H109NO8P+. The number of quaternary nitrogens is 1. The Morgan fingerprint density at radius 2 is 0.730 bits per heavy atom. The van der Waals surface area contributed by atoms with Crippen molar-refractivity contribution in [3.05, 3.63) is 122 Å². The number of phosphoric acid groups is 1. The maximum Gasteiger partial charge on any atom is 0.472 e. The molecule has 0 aromatic carbocycles. The molecule has 0 radical (unpaired) electrons. The Balaban J connectivity index is 4.18. The summed E-state index contributed by atoms with van der Waals surface area (Å²) in [6, 6.07) is 0. The lowest BCUT2D eigenvalue weighted by Gasteiger charge is -2.24. The van der Waals surface area contributed by atoms with Gasteiger partial charge < -0.3 is 18.9 Å². The lowest BCUT2D eigenvalue weighted by Crippen LogP contribution is -2.37. The molecule has 0 aromatic heterocycles. The molecule has 0 amide bonds. The minimum absolute atomic E-state index is 0.0227. The fourth-order valence-corrected chi connectivity index (χ4v) is 8.28. The van der Waals surface area contributed by atoms with Crippen molar-refractivity contribution < 1.29 is 42.1 Å². The monoisotopic (exact) mass is 1050 g/mol. The van der Waals surface area contributed by atoms with Gasteiger partial charge in [-0.25, -0.2) is 4.57 Å². The van der Waals surface area contributed by atoms with Gasteiger partial charge in [-0.05, 0) is 103 Å². The van der Waals surface area contributed by atoms with E-state index >= 15 is 0 Å². The average Bonchev–Trinajstić information content (AvgIpc) is 3.36. The molecule has 74 heavy (non-hydrogen) atoms. The molecule has 0 aliphatic heterocycles. The number of esters is 2. The van der Waals surface area contributed by atoms with E-state index < -0.39 is 26.5 Å². The number of carbonyl (C=O) groups is 2. The third-order valence-corrected chi connectivity index (χ3v) is 13.0. The van der Waals surface area contributed by atoms with Crippen molar-refractivity contribution in [3.8, 4) is 0 Å². The number of rotatable bonds is 52. The molecule has 0 spiro atoms. The summed E-state index contributed by atoms with van der Waals surface area (Å²) < 4.78 is 34.6. The van der Waals surface area contributed by atoms with Gasteiger partial charge in [-0.1, -0.05) is 225 Å². The Morgan fingerprint density at radius 3 is 1.08 bits per heavy atom. The predicted molar refractivity (Wildman–Crippen MR) is 316 cm³/mol. The van der Waals surface area contributed by atoms with E-state index in [1.807, 2.05) is 21.1 Å². The van der Waals surface area contributed by atoms with Crippen LogP contribution in [0.3, 0.4) is 0 Å². The highest BCUT2D eigenvalue weighted by Gasteiger charge is 2.27. The Morgan fingerprint density at radius 1 is 0.419 bits per heavy atom. The van der Waals surface area contributed by atoms with Gasteiger partial charge in [-0.15, -0.1) is 0 Å². The largest absolute Gasteiger partial charge is 0.472 e. The molecule has 0 bridgehead atoms. The fourth-order valence-electron chi connectivity index (χ4n) is 7.54. The van der Waals surface area contributed by atoms with Crippen LogP contribution in [-0.4, -0.2) is 74.9 Å². The number of unbranched alkanes of at least 4 members (excludes halogenated alkanes) is 18. The van der Waals surface area contributed by atoms with Crippen molar-refractivity contribution in [2.45, 2.75) is 225 Å². The number of allylic oxidation sites excluding steroid dienone is 20. The highest BCUT2D eigenvalue weighted by Crippen LogP contribution is 2.43.